The van der Waals surface area contributed by atoms with Crippen LogP contribution in [0.25, 0.3) is 0 Å². The van der Waals surface area contributed by atoms with E-state index in [0.717, 1.165) is 0 Å². The highest BCUT2D eigenvalue weighted by atomic mass is 16.5. The topological polar surface area (TPSA) is 66.8 Å². The quantitative estimate of drug-likeness (QED) is 0.706. The molecule has 1 aromatic rings. The van der Waals surface area contributed by atoms with E-state index in [1.54, 1.807) is 19.9 Å². The van der Waals surface area contributed by atoms with Gasteiger partial charge >= 0.3 is 0 Å². The van der Waals surface area contributed by atoms with Gasteiger partial charge in [-0.2, -0.15) is 0 Å². The smallest absolute Gasteiger partial charge is 0.201 e. The van der Waals surface area contributed by atoms with Gasteiger partial charge in [0.1, 0.15) is 5.60 Å². The third kappa shape index (κ3) is 2.27. The Morgan fingerprint density at radius 2 is 1.79 bits per heavy atom. The van der Waals surface area contributed by atoms with Crippen LogP contribution in [0.3, 0.4) is 0 Å². The van der Waals surface area contributed by atoms with Gasteiger partial charge in [0, 0.05) is 5.56 Å². The summed E-state index contributed by atoms with van der Waals surface area (Å²) in [6.45, 7) is 9.29. The third-order valence-corrected chi connectivity index (χ3v) is 3.30. The Balaban J connectivity index is 2.70. The van der Waals surface area contributed by atoms with Crippen LogP contribution in [0.4, 0.5) is 0 Å². The van der Waals surface area contributed by atoms with Gasteiger partial charge in [0.15, 0.2) is 17.3 Å². The summed E-state index contributed by atoms with van der Waals surface area (Å²) in [5, 5.41) is 20.2. The Morgan fingerprint density at radius 3 is 2.32 bits per heavy atom. The van der Waals surface area contributed by atoms with Crippen LogP contribution >= 0.6 is 0 Å². The molecule has 0 saturated carbocycles. The van der Waals surface area contributed by atoms with Gasteiger partial charge < -0.3 is 14.9 Å². The Labute approximate surface area is 113 Å². The lowest BCUT2D eigenvalue weighted by atomic mass is 9.82. The molecular weight excluding hydrogens is 244 g/mol. The summed E-state index contributed by atoms with van der Waals surface area (Å²) in [6.07, 6.45) is 0.258. The second-order valence-corrected chi connectivity index (χ2v) is 6.71. The van der Waals surface area contributed by atoms with Gasteiger partial charge in [-0.05, 0) is 25.3 Å². The Bertz CT molecular complexity index is 550. The lowest BCUT2D eigenvalue weighted by molar-refractivity contribution is 0.0598. The van der Waals surface area contributed by atoms with Crippen molar-refractivity contribution >= 4 is 5.78 Å². The summed E-state index contributed by atoms with van der Waals surface area (Å²) in [6, 6.07) is 1.63. The first-order valence-electron chi connectivity index (χ1n) is 6.34. The molecule has 0 unspecified atom stereocenters. The number of fused-ring (bicyclic) bond motifs is 1. The molecule has 0 radical (unpaired) electrons. The van der Waals surface area contributed by atoms with E-state index in [4.69, 9.17) is 4.74 Å². The molecule has 1 heterocycles. The first-order chi connectivity index (χ1) is 8.53. The summed E-state index contributed by atoms with van der Waals surface area (Å²) in [4.78, 5) is 12.2. The zero-order chi connectivity index (χ0) is 14.6. The Kier molecular flexibility index (Phi) is 2.81. The zero-order valence-electron chi connectivity index (χ0n) is 12.0. The number of Topliss-reactive ketones (excluding diaryl/α,β-unsaturated/α-hetero) is 1. The van der Waals surface area contributed by atoms with E-state index in [1.165, 1.54) is 0 Å². The minimum Gasteiger partial charge on any atom is -0.504 e. The van der Waals surface area contributed by atoms with E-state index in [-0.39, 0.29) is 34.9 Å². The molecule has 1 aliphatic heterocycles. The van der Waals surface area contributed by atoms with Crippen LogP contribution in [-0.4, -0.2) is 21.6 Å². The normalized spacial score (nSPS) is 17.8. The molecule has 1 aromatic carbocycles. The fraction of sp³-hybridized carbons (Fsp3) is 0.533. The number of carbonyl (C=O) groups is 1. The molecule has 4 nitrogen and oxygen atoms in total. The van der Waals surface area contributed by atoms with Crippen LogP contribution < -0.4 is 4.74 Å². The number of rotatable bonds is 0. The van der Waals surface area contributed by atoms with Crippen molar-refractivity contribution in [2.45, 2.75) is 52.1 Å². The van der Waals surface area contributed by atoms with Crippen LogP contribution in [-0.2, 0) is 5.41 Å². The number of benzene rings is 1. The van der Waals surface area contributed by atoms with Crippen molar-refractivity contribution < 1.29 is 19.7 Å². The number of hydrogen-bond donors (Lipinski definition) is 2. The minimum absolute atomic E-state index is 0.0768. The third-order valence-electron chi connectivity index (χ3n) is 3.30. The summed E-state index contributed by atoms with van der Waals surface area (Å²) in [5.41, 5.74) is -0.152. The van der Waals surface area contributed by atoms with Gasteiger partial charge in [-0.3, -0.25) is 4.79 Å². The highest BCUT2D eigenvalue weighted by Crippen LogP contribution is 2.48. The highest BCUT2D eigenvalue weighted by Gasteiger charge is 2.37. The van der Waals surface area contributed by atoms with Crippen molar-refractivity contribution in [3.05, 3.63) is 17.2 Å². The van der Waals surface area contributed by atoms with Crippen LogP contribution in [0.15, 0.2) is 6.07 Å². The molecule has 4 heteroatoms. The van der Waals surface area contributed by atoms with Gasteiger partial charge in [-0.25, -0.2) is 0 Å². The molecule has 0 fully saturated rings. The summed E-state index contributed by atoms with van der Waals surface area (Å²) in [7, 11) is 0. The van der Waals surface area contributed by atoms with E-state index in [1.807, 2.05) is 20.8 Å². The lowest BCUT2D eigenvalue weighted by Gasteiger charge is -2.33. The van der Waals surface area contributed by atoms with Gasteiger partial charge in [0.05, 0.1) is 12.0 Å². The van der Waals surface area contributed by atoms with Crippen molar-refractivity contribution in [1.29, 1.82) is 0 Å². The molecule has 0 bridgehead atoms. The van der Waals surface area contributed by atoms with E-state index in [9.17, 15) is 15.0 Å². The lowest BCUT2D eigenvalue weighted by Crippen LogP contribution is -2.36. The molecule has 2 N–H and O–H groups in total. The van der Waals surface area contributed by atoms with E-state index in [2.05, 4.69) is 0 Å². The Hall–Kier alpha value is -1.71. The SMILES string of the molecule is CC1(C)CC(=O)c2cc(C(C)(C)C)c(O)c(O)c2O1. The number of aromatic hydroxyl groups is 2. The number of ketones is 1. The van der Waals surface area contributed by atoms with Crippen molar-refractivity contribution in [3.63, 3.8) is 0 Å². The summed E-state index contributed by atoms with van der Waals surface area (Å²) >= 11 is 0. The molecule has 0 atom stereocenters. The monoisotopic (exact) mass is 264 g/mol. The van der Waals surface area contributed by atoms with Gasteiger partial charge in [-0.1, -0.05) is 20.8 Å². The van der Waals surface area contributed by atoms with Gasteiger partial charge in [-0.15, -0.1) is 0 Å². The highest BCUT2D eigenvalue weighted by molar-refractivity contribution is 6.02. The number of phenolic OH excluding ortho intramolecular Hbond substituents is 2. The van der Waals surface area contributed by atoms with Crippen molar-refractivity contribution in [2.24, 2.45) is 0 Å². The van der Waals surface area contributed by atoms with Crippen molar-refractivity contribution in [2.75, 3.05) is 0 Å². The Morgan fingerprint density at radius 1 is 1.21 bits per heavy atom. The van der Waals surface area contributed by atoms with Crippen LogP contribution in [0.1, 0.15) is 57.0 Å². The average Bonchev–Trinajstić information content (AvgIpc) is 2.21. The molecule has 1 aliphatic rings. The number of ether oxygens (including phenoxy) is 1. The molecule has 0 saturated heterocycles. The fourth-order valence-corrected chi connectivity index (χ4v) is 2.32. The predicted molar refractivity (Wildman–Crippen MR) is 72.1 cm³/mol. The summed E-state index contributed by atoms with van der Waals surface area (Å²) in [5.74, 6) is -0.542. The maximum atomic E-state index is 12.2. The minimum atomic E-state index is -0.669. The largest absolute Gasteiger partial charge is 0.504 e. The molecule has 2 rings (SSSR count). The van der Waals surface area contributed by atoms with Gasteiger partial charge in [0.2, 0.25) is 5.75 Å². The molecule has 0 aromatic heterocycles. The maximum absolute atomic E-state index is 12.2. The molecular formula is C15H20O4. The number of hydrogen-bond acceptors (Lipinski definition) is 4. The maximum Gasteiger partial charge on any atom is 0.201 e. The standard InChI is InChI=1S/C15H20O4/c1-14(2,3)9-6-8-10(16)7-15(4,5)19-13(8)12(18)11(9)17/h6,17-18H,7H2,1-5H3. The molecule has 0 amide bonds. The zero-order valence-corrected chi connectivity index (χ0v) is 12.0. The van der Waals surface area contributed by atoms with Crippen molar-refractivity contribution in [1.82, 2.24) is 0 Å². The first-order valence-corrected chi connectivity index (χ1v) is 6.34. The van der Waals surface area contributed by atoms with Gasteiger partial charge in [0.25, 0.3) is 0 Å². The second-order valence-electron chi connectivity index (χ2n) is 6.71. The fourth-order valence-electron chi connectivity index (χ4n) is 2.32. The van der Waals surface area contributed by atoms with Crippen LogP contribution in [0, 0.1) is 0 Å². The van der Waals surface area contributed by atoms with Crippen LogP contribution in [0.2, 0.25) is 0 Å². The van der Waals surface area contributed by atoms with Crippen molar-refractivity contribution in [3.8, 4) is 17.2 Å². The summed E-state index contributed by atoms with van der Waals surface area (Å²) < 4.78 is 5.64. The van der Waals surface area contributed by atoms with E-state index < -0.39 is 5.60 Å². The average molecular weight is 264 g/mol. The first kappa shape index (κ1) is 13.7. The molecule has 19 heavy (non-hydrogen) atoms. The molecule has 0 aliphatic carbocycles. The predicted octanol–water partition coefficient (Wildman–Crippen LogP) is 3.14. The number of carbonyl (C=O) groups excluding carboxylic acids is 1. The molecule has 0 spiro atoms. The second kappa shape index (κ2) is 3.89. The van der Waals surface area contributed by atoms with E-state index >= 15 is 0 Å². The van der Waals surface area contributed by atoms with E-state index in [0.29, 0.717) is 11.1 Å². The number of phenols is 2. The van der Waals surface area contributed by atoms with Crippen LogP contribution in [0.5, 0.6) is 17.2 Å². The molecule has 104 valence electrons.